The molecule has 1 aliphatic rings. The molecule has 1 aliphatic carbocycles. The number of aliphatic hydroxyl groups is 1. The second kappa shape index (κ2) is 8.86. The third kappa shape index (κ3) is 6.14. The van der Waals surface area contributed by atoms with E-state index in [2.05, 4.69) is 5.32 Å². The van der Waals surface area contributed by atoms with Crippen LogP contribution in [0.2, 0.25) is 0 Å². The molecule has 4 nitrogen and oxygen atoms in total. The van der Waals surface area contributed by atoms with E-state index in [4.69, 9.17) is 9.47 Å². The Morgan fingerprint density at radius 2 is 1.61 bits per heavy atom. The zero-order chi connectivity index (χ0) is 13.3. The standard InChI is InChI=1S/C14H29NO3/c1-3-17-13(18-4-2)11-15-12-14(16)9-7-5-6-8-10-14/h13,15-16H,3-12H2,1-2H3. The van der Waals surface area contributed by atoms with Crippen molar-refractivity contribution < 1.29 is 14.6 Å². The van der Waals surface area contributed by atoms with E-state index in [0.717, 1.165) is 25.7 Å². The molecule has 0 aromatic heterocycles. The van der Waals surface area contributed by atoms with Crippen LogP contribution >= 0.6 is 0 Å². The molecular weight excluding hydrogens is 230 g/mol. The summed E-state index contributed by atoms with van der Waals surface area (Å²) in [4.78, 5) is 0. The van der Waals surface area contributed by atoms with Crippen molar-refractivity contribution in [3.63, 3.8) is 0 Å². The zero-order valence-corrected chi connectivity index (χ0v) is 11.9. The van der Waals surface area contributed by atoms with Gasteiger partial charge in [0.25, 0.3) is 0 Å². The molecule has 0 spiro atoms. The van der Waals surface area contributed by atoms with Crippen molar-refractivity contribution in [3.8, 4) is 0 Å². The highest BCUT2D eigenvalue weighted by Gasteiger charge is 2.27. The summed E-state index contributed by atoms with van der Waals surface area (Å²) in [5.41, 5.74) is -0.528. The Kier molecular flexibility index (Phi) is 7.82. The summed E-state index contributed by atoms with van der Waals surface area (Å²) in [5, 5.41) is 13.8. The van der Waals surface area contributed by atoms with Crippen LogP contribution in [0.4, 0.5) is 0 Å². The molecule has 0 saturated heterocycles. The average Bonchev–Trinajstić information content (AvgIpc) is 2.55. The van der Waals surface area contributed by atoms with E-state index >= 15 is 0 Å². The Morgan fingerprint density at radius 3 is 2.11 bits per heavy atom. The van der Waals surface area contributed by atoms with Crippen molar-refractivity contribution in [1.29, 1.82) is 0 Å². The van der Waals surface area contributed by atoms with Crippen LogP contribution in [0.25, 0.3) is 0 Å². The van der Waals surface area contributed by atoms with Crippen molar-refractivity contribution in [2.75, 3.05) is 26.3 Å². The van der Waals surface area contributed by atoms with Gasteiger partial charge in [0.15, 0.2) is 6.29 Å². The third-order valence-corrected chi connectivity index (χ3v) is 3.50. The van der Waals surface area contributed by atoms with E-state index in [0.29, 0.717) is 26.3 Å². The zero-order valence-electron chi connectivity index (χ0n) is 11.9. The first-order valence-electron chi connectivity index (χ1n) is 7.36. The van der Waals surface area contributed by atoms with Gasteiger partial charge in [0.05, 0.1) is 5.60 Å². The maximum absolute atomic E-state index is 10.5. The number of ether oxygens (including phenoxy) is 2. The fourth-order valence-electron chi connectivity index (χ4n) is 2.52. The van der Waals surface area contributed by atoms with Crippen molar-refractivity contribution in [1.82, 2.24) is 5.32 Å². The van der Waals surface area contributed by atoms with Crippen LogP contribution in [0.15, 0.2) is 0 Å². The monoisotopic (exact) mass is 259 g/mol. The largest absolute Gasteiger partial charge is 0.389 e. The molecule has 108 valence electrons. The van der Waals surface area contributed by atoms with Gasteiger partial charge in [-0.15, -0.1) is 0 Å². The van der Waals surface area contributed by atoms with Gasteiger partial charge in [0.2, 0.25) is 0 Å². The van der Waals surface area contributed by atoms with E-state index < -0.39 is 5.60 Å². The molecule has 0 aromatic carbocycles. The van der Waals surface area contributed by atoms with Crippen LogP contribution in [0.1, 0.15) is 52.4 Å². The summed E-state index contributed by atoms with van der Waals surface area (Å²) < 4.78 is 10.9. The average molecular weight is 259 g/mol. The van der Waals surface area contributed by atoms with Gasteiger partial charge in [-0.05, 0) is 26.7 Å². The van der Waals surface area contributed by atoms with E-state index in [9.17, 15) is 5.11 Å². The molecule has 2 N–H and O–H groups in total. The van der Waals surface area contributed by atoms with Crippen molar-refractivity contribution in [2.24, 2.45) is 0 Å². The Labute approximate surface area is 111 Å². The fraction of sp³-hybridized carbons (Fsp3) is 1.00. The molecule has 4 heteroatoms. The summed E-state index contributed by atoms with van der Waals surface area (Å²) in [7, 11) is 0. The molecule has 0 bridgehead atoms. The van der Waals surface area contributed by atoms with Gasteiger partial charge >= 0.3 is 0 Å². The van der Waals surface area contributed by atoms with Gasteiger partial charge in [-0.1, -0.05) is 25.7 Å². The first kappa shape index (κ1) is 15.9. The van der Waals surface area contributed by atoms with Gasteiger partial charge in [0, 0.05) is 26.3 Å². The summed E-state index contributed by atoms with van der Waals surface area (Å²) >= 11 is 0. The molecule has 0 atom stereocenters. The molecule has 0 unspecified atom stereocenters. The molecular formula is C14H29NO3. The Balaban J connectivity index is 2.25. The first-order valence-corrected chi connectivity index (χ1v) is 7.36. The van der Waals surface area contributed by atoms with Gasteiger partial charge in [-0.2, -0.15) is 0 Å². The number of nitrogens with one attached hydrogen (secondary N) is 1. The second-order valence-electron chi connectivity index (χ2n) is 5.11. The lowest BCUT2D eigenvalue weighted by molar-refractivity contribution is -0.134. The summed E-state index contributed by atoms with van der Waals surface area (Å²) in [6.07, 6.45) is 6.40. The Morgan fingerprint density at radius 1 is 1.06 bits per heavy atom. The number of hydrogen-bond donors (Lipinski definition) is 2. The van der Waals surface area contributed by atoms with E-state index in [1.54, 1.807) is 0 Å². The highest BCUT2D eigenvalue weighted by atomic mass is 16.7. The fourth-order valence-corrected chi connectivity index (χ4v) is 2.52. The highest BCUT2D eigenvalue weighted by Crippen LogP contribution is 2.26. The van der Waals surface area contributed by atoms with Gasteiger partial charge in [-0.3, -0.25) is 0 Å². The first-order chi connectivity index (χ1) is 8.70. The van der Waals surface area contributed by atoms with Gasteiger partial charge < -0.3 is 19.9 Å². The predicted octanol–water partition coefficient (Wildman–Crippen LogP) is 2.06. The molecule has 0 heterocycles. The Hall–Kier alpha value is -0.160. The van der Waals surface area contributed by atoms with Gasteiger partial charge in [-0.25, -0.2) is 0 Å². The molecule has 0 aliphatic heterocycles. The molecule has 1 fully saturated rings. The minimum absolute atomic E-state index is 0.200. The molecule has 1 rings (SSSR count). The van der Waals surface area contributed by atoms with E-state index in [1.165, 1.54) is 12.8 Å². The van der Waals surface area contributed by atoms with Crippen molar-refractivity contribution in [2.45, 2.75) is 64.3 Å². The maximum atomic E-state index is 10.5. The van der Waals surface area contributed by atoms with E-state index in [1.807, 2.05) is 13.8 Å². The lowest BCUT2D eigenvalue weighted by Crippen LogP contribution is -2.43. The maximum Gasteiger partial charge on any atom is 0.169 e. The van der Waals surface area contributed by atoms with Gasteiger partial charge in [0.1, 0.15) is 0 Å². The molecule has 0 aromatic rings. The minimum atomic E-state index is -0.528. The lowest BCUT2D eigenvalue weighted by Gasteiger charge is -2.28. The summed E-state index contributed by atoms with van der Waals surface area (Å²) in [6, 6.07) is 0. The molecule has 18 heavy (non-hydrogen) atoms. The third-order valence-electron chi connectivity index (χ3n) is 3.50. The van der Waals surface area contributed by atoms with Crippen LogP contribution in [0, 0.1) is 0 Å². The lowest BCUT2D eigenvalue weighted by atomic mass is 9.94. The molecule has 0 amide bonds. The molecule has 0 radical (unpaired) electrons. The second-order valence-corrected chi connectivity index (χ2v) is 5.11. The normalized spacial score (nSPS) is 20.0. The predicted molar refractivity (Wildman–Crippen MR) is 72.6 cm³/mol. The smallest absolute Gasteiger partial charge is 0.169 e. The van der Waals surface area contributed by atoms with Crippen LogP contribution in [-0.4, -0.2) is 43.3 Å². The molecule has 1 saturated carbocycles. The van der Waals surface area contributed by atoms with Crippen molar-refractivity contribution in [3.05, 3.63) is 0 Å². The number of rotatable bonds is 8. The quantitative estimate of drug-likeness (QED) is 0.517. The van der Waals surface area contributed by atoms with Crippen LogP contribution in [-0.2, 0) is 9.47 Å². The van der Waals surface area contributed by atoms with Crippen LogP contribution < -0.4 is 5.32 Å². The highest BCUT2D eigenvalue weighted by molar-refractivity contribution is 4.83. The summed E-state index contributed by atoms with van der Waals surface area (Å²) in [6.45, 7) is 6.51. The number of hydrogen-bond acceptors (Lipinski definition) is 4. The van der Waals surface area contributed by atoms with E-state index in [-0.39, 0.29) is 6.29 Å². The topological polar surface area (TPSA) is 50.7 Å². The minimum Gasteiger partial charge on any atom is -0.389 e. The summed E-state index contributed by atoms with van der Waals surface area (Å²) in [5.74, 6) is 0. The Bertz CT molecular complexity index is 197. The van der Waals surface area contributed by atoms with Crippen LogP contribution in [0.5, 0.6) is 0 Å². The van der Waals surface area contributed by atoms with Crippen molar-refractivity contribution >= 4 is 0 Å². The van der Waals surface area contributed by atoms with Crippen LogP contribution in [0.3, 0.4) is 0 Å². The SMILES string of the molecule is CCOC(CNCC1(O)CCCCCC1)OCC.